The monoisotopic (exact) mass is 414 g/mol. The Bertz CT molecular complexity index is 1280. The summed E-state index contributed by atoms with van der Waals surface area (Å²) < 4.78 is 1.87. The predicted octanol–water partition coefficient (Wildman–Crippen LogP) is 2.92. The Kier molecular flexibility index (Phi) is 5.36. The summed E-state index contributed by atoms with van der Waals surface area (Å²) in [4.78, 5) is 34.3. The molecule has 8 heteroatoms. The van der Waals surface area contributed by atoms with Crippen molar-refractivity contribution >= 4 is 34.4 Å². The molecule has 0 saturated carbocycles. The highest BCUT2D eigenvalue weighted by atomic mass is 16.2. The van der Waals surface area contributed by atoms with Crippen molar-refractivity contribution < 1.29 is 9.59 Å². The van der Waals surface area contributed by atoms with E-state index in [2.05, 4.69) is 15.3 Å². The van der Waals surface area contributed by atoms with E-state index in [1.807, 2.05) is 53.2 Å². The summed E-state index contributed by atoms with van der Waals surface area (Å²) in [5.74, 6) is 0.580. The van der Waals surface area contributed by atoms with Crippen LogP contribution in [0.2, 0.25) is 0 Å². The van der Waals surface area contributed by atoms with E-state index in [9.17, 15) is 9.59 Å². The molecule has 2 aromatic heterocycles. The molecule has 2 amide bonds. The molecule has 2 heterocycles. The molecule has 0 fully saturated rings. The quantitative estimate of drug-likeness (QED) is 0.522. The second-order valence-electron chi connectivity index (χ2n) is 7.13. The molecule has 2 aromatic carbocycles. The highest BCUT2D eigenvalue weighted by Crippen LogP contribution is 2.23. The second-order valence-corrected chi connectivity index (χ2v) is 7.13. The lowest BCUT2D eigenvalue weighted by molar-refractivity contribution is -0.116. The molecule has 0 bridgehead atoms. The lowest BCUT2D eigenvalue weighted by atomic mass is 10.1. The minimum absolute atomic E-state index is 0.0529. The number of anilines is 2. The number of carbonyl (C=O) groups excluding carboxylic acids is 2. The summed E-state index contributed by atoms with van der Waals surface area (Å²) in [7, 11) is 1.72. The van der Waals surface area contributed by atoms with Crippen LogP contribution in [0.3, 0.4) is 0 Å². The molecular weight excluding hydrogens is 392 g/mol. The number of fused-ring (bicyclic) bond motifs is 1. The van der Waals surface area contributed by atoms with Crippen LogP contribution in [0, 0.1) is 0 Å². The summed E-state index contributed by atoms with van der Waals surface area (Å²) in [6.45, 7) is 1.86. The van der Waals surface area contributed by atoms with Crippen molar-refractivity contribution in [2.45, 2.75) is 13.5 Å². The van der Waals surface area contributed by atoms with Crippen molar-refractivity contribution in [3.8, 4) is 5.82 Å². The summed E-state index contributed by atoms with van der Waals surface area (Å²) in [6, 6.07) is 16.7. The van der Waals surface area contributed by atoms with Crippen molar-refractivity contribution in [3.63, 3.8) is 0 Å². The average molecular weight is 414 g/mol. The minimum atomic E-state index is -0.184. The first-order valence-corrected chi connectivity index (χ1v) is 9.74. The number of aromatic nitrogens is 3. The first kappa shape index (κ1) is 20.1. The molecule has 0 aliphatic rings. The van der Waals surface area contributed by atoms with Gasteiger partial charge in [0.2, 0.25) is 11.9 Å². The molecule has 156 valence electrons. The van der Waals surface area contributed by atoms with Crippen LogP contribution < -0.4 is 16.0 Å². The number of nitrogens with one attached hydrogen (secondary N) is 1. The fourth-order valence-corrected chi connectivity index (χ4v) is 3.40. The van der Waals surface area contributed by atoms with E-state index in [1.165, 1.54) is 6.92 Å². The van der Waals surface area contributed by atoms with Gasteiger partial charge >= 0.3 is 0 Å². The third kappa shape index (κ3) is 4.09. The first-order chi connectivity index (χ1) is 14.9. The SMILES string of the molecule is CC(=O)N(C)c1cccc(CNC(=O)c2cccc3c2ccn3-c2ccnc(N)n2)c1. The van der Waals surface area contributed by atoms with Gasteiger partial charge in [-0.05, 0) is 42.0 Å². The lowest BCUT2D eigenvalue weighted by Crippen LogP contribution is -2.24. The fraction of sp³-hybridized carbons (Fsp3) is 0.130. The van der Waals surface area contributed by atoms with E-state index < -0.39 is 0 Å². The molecule has 0 aliphatic heterocycles. The van der Waals surface area contributed by atoms with Crippen molar-refractivity contribution in [2.24, 2.45) is 0 Å². The topological polar surface area (TPSA) is 106 Å². The second kappa shape index (κ2) is 8.27. The molecule has 0 atom stereocenters. The van der Waals surface area contributed by atoms with Gasteiger partial charge in [0.05, 0.1) is 5.52 Å². The molecule has 4 aromatic rings. The molecule has 0 saturated heterocycles. The molecule has 0 spiro atoms. The Hall–Kier alpha value is -4.20. The number of nitrogens with two attached hydrogens (primary N) is 1. The van der Waals surface area contributed by atoms with Crippen LogP contribution in [0.15, 0.2) is 67.0 Å². The number of hydrogen-bond donors (Lipinski definition) is 2. The highest BCUT2D eigenvalue weighted by molar-refractivity contribution is 6.06. The molecule has 31 heavy (non-hydrogen) atoms. The third-order valence-electron chi connectivity index (χ3n) is 5.11. The van der Waals surface area contributed by atoms with E-state index >= 15 is 0 Å². The average Bonchev–Trinajstić information content (AvgIpc) is 3.21. The van der Waals surface area contributed by atoms with Crippen molar-refractivity contribution in [1.29, 1.82) is 0 Å². The largest absolute Gasteiger partial charge is 0.368 e. The maximum Gasteiger partial charge on any atom is 0.252 e. The van der Waals surface area contributed by atoms with Crippen LogP contribution in [0.5, 0.6) is 0 Å². The number of rotatable bonds is 5. The normalized spacial score (nSPS) is 10.8. The lowest BCUT2D eigenvalue weighted by Gasteiger charge is -2.16. The van der Waals surface area contributed by atoms with Gasteiger partial charge < -0.3 is 20.5 Å². The van der Waals surface area contributed by atoms with E-state index in [0.717, 1.165) is 22.2 Å². The number of carbonyl (C=O) groups is 2. The van der Waals surface area contributed by atoms with E-state index in [1.54, 1.807) is 30.3 Å². The fourth-order valence-electron chi connectivity index (χ4n) is 3.40. The smallest absolute Gasteiger partial charge is 0.252 e. The van der Waals surface area contributed by atoms with Crippen molar-refractivity contribution in [3.05, 3.63) is 78.1 Å². The zero-order valence-corrected chi connectivity index (χ0v) is 17.2. The first-order valence-electron chi connectivity index (χ1n) is 9.74. The Labute approximate surface area is 179 Å². The van der Waals surface area contributed by atoms with Gasteiger partial charge in [0.15, 0.2) is 0 Å². The van der Waals surface area contributed by atoms with Crippen LogP contribution >= 0.6 is 0 Å². The summed E-state index contributed by atoms with van der Waals surface area (Å²) in [5, 5.41) is 3.77. The van der Waals surface area contributed by atoms with Gasteiger partial charge in [0, 0.05) is 49.5 Å². The maximum absolute atomic E-state index is 12.9. The predicted molar refractivity (Wildman–Crippen MR) is 120 cm³/mol. The van der Waals surface area contributed by atoms with Gasteiger partial charge in [-0.3, -0.25) is 9.59 Å². The third-order valence-corrected chi connectivity index (χ3v) is 5.11. The van der Waals surface area contributed by atoms with Gasteiger partial charge in [-0.25, -0.2) is 4.98 Å². The highest BCUT2D eigenvalue weighted by Gasteiger charge is 2.14. The van der Waals surface area contributed by atoms with Crippen LogP contribution in [0.1, 0.15) is 22.8 Å². The van der Waals surface area contributed by atoms with Crippen LogP contribution in [-0.2, 0) is 11.3 Å². The van der Waals surface area contributed by atoms with E-state index in [4.69, 9.17) is 5.73 Å². The summed E-state index contributed by atoms with van der Waals surface area (Å²) >= 11 is 0. The number of amides is 2. The summed E-state index contributed by atoms with van der Waals surface area (Å²) in [6.07, 6.45) is 3.45. The van der Waals surface area contributed by atoms with Crippen LogP contribution in [0.25, 0.3) is 16.7 Å². The number of nitrogens with zero attached hydrogens (tertiary/aromatic N) is 4. The Balaban J connectivity index is 1.57. The molecular formula is C23H22N6O2. The zero-order valence-electron chi connectivity index (χ0n) is 17.2. The van der Waals surface area contributed by atoms with Gasteiger partial charge in [0.1, 0.15) is 5.82 Å². The number of benzene rings is 2. The molecule has 4 rings (SSSR count). The van der Waals surface area contributed by atoms with Gasteiger partial charge in [-0.15, -0.1) is 0 Å². The van der Waals surface area contributed by atoms with Gasteiger partial charge in [-0.2, -0.15) is 4.98 Å². The minimum Gasteiger partial charge on any atom is -0.368 e. The molecule has 3 N–H and O–H groups in total. The molecule has 8 nitrogen and oxygen atoms in total. The van der Waals surface area contributed by atoms with Crippen LogP contribution in [-0.4, -0.2) is 33.4 Å². The van der Waals surface area contributed by atoms with Crippen molar-refractivity contribution in [1.82, 2.24) is 19.9 Å². The van der Waals surface area contributed by atoms with E-state index in [-0.39, 0.29) is 17.8 Å². The Morgan fingerprint density at radius 2 is 1.94 bits per heavy atom. The zero-order chi connectivity index (χ0) is 22.0. The van der Waals surface area contributed by atoms with Crippen LogP contribution in [0.4, 0.5) is 11.6 Å². The molecule has 0 radical (unpaired) electrons. The number of hydrogen-bond acceptors (Lipinski definition) is 5. The molecule has 0 unspecified atom stereocenters. The standard InChI is InChI=1S/C23H22N6O2/c1-15(30)28(2)17-6-3-5-16(13-17)14-26-22(31)19-7-4-8-20-18(19)10-12-29(20)21-9-11-25-23(24)27-21/h3-13H,14H2,1-2H3,(H,26,31)(H2,24,25,27). The van der Waals surface area contributed by atoms with Crippen molar-refractivity contribution in [2.75, 3.05) is 17.7 Å². The summed E-state index contributed by atoms with van der Waals surface area (Å²) in [5.41, 5.74) is 8.80. The van der Waals surface area contributed by atoms with Gasteiger partial charge in [0.25, 0.3) is 5.91 Å². The maximum atomic E-state index is 12.9. The van der Waals surface area contributed by atoms with Gasteiger partial charge in [-0.1, -0.05) is 18.2 Å². The number of nitrogen functional groups attached to an aromatic ring is 1. The Morgan fingerprint density at radius 3 is 2.71 bits per heavy atom. The van der Waals surface area contributed by atoms with E-state index in [0.29, 0.717) is 17.9 Å². The molecule has 0 aliphatic carbocycles. The Morgan fingerprint density at radius 1 is 1.13 bits per heavy atom.